The number of rotatable bonds is 1. The summed E-state index contributed by atoms with van der Waals surface area (Å²) in [5.74, 6) is 5.72. The van der Waals surface area contributed by atoms with Gasteiger partial charge in [0.25, 0.3) is 5.91 Å². The van der Waals surface area contributed by atoms with Gasteiger partial charge in [-0.15, -0.1) is 11.3 Å². The molecular formula is C10H14N2OS. The lowest BCUT2D eigenvalue weighted by Crippen LogP contribution is -2.30. The lowest BCUT2D eigenvalue weighted by Gasteiger charge is -2.18. The van der Waals surface area contributed by atoms with Gasteiger partial charge >= 0.3 is 0 Å². The van der Waals surface area contributed by atoms with Crippen LogP contribution in [0.3, 0.4) is 0 Å². The Bertz CT molecular complexity index is 359. The molecule has 0 radical (unpaired) electrons. The predicted octanol–water partition coefficient (Wildman–Crippen LogP) is 1.48. The summed E-state index contributed by atoms with van der Waals surface area (Å²) in [6, 6.07) is 0. The molecular weight excluding hydrogens is 196 g/mol. The number of nitrogens with one attached hydrogen (secondary N) is 1. The molecule has 0 fully saturated rings. The highest BCUT2D eigenvalue weighted by Gasteiger charge is 2.22. The van der Waals surface area contributed by atoms with Crippen LogP contribution in [0.15, 0.2) is 5.38 Å². The third kappa shape index (κ3) is 1.55. The van der Waals surface area contributed by atoms with Crippen LogP contribution in [-0.4, -0.2) is 5.91 Å². The van der Waals surface area contributed by atoms with E-state index in [9.17, 15) is 4.79 Å². The summed E-state index contributed by atoms with van der Waals surface area (Å²) in [5, 5.41) is 1.92. The van der Waals surface area contributed by atoms with Crippen LogP contribution in [0.25, 0.3) is 0 Å². The Kier molecular flexibility index (Phi) is 2.56. The number of hydrogen-bond acceptors (Lipinski definition) is 3. The van der Waals surface area contributed by atoms with Gasteiger partial charge in [-0.05, 0) is 30.7 Å². The van der Waals surface area contributed by atoms with Crippen LogP contribution in [0, 0.1) is 5.92 Å². The first-order valence-electron chi connectivity index (χ1n) is 4.82. The van der Waals surface area contributed by atoms with Crippen LogP contribution in [-0.2, 0) is 12.8 Å². The fourth-order valence-electron chi connectivity index (χ4n) is 1.95. The van der Waals surface area contributed by atoms with Crippen molar-refractivity contribution < 1.29 is 4.79 Å². The molecule has 1 aliphatic rings. The highest BCUT2D eigenvalue weighted by molar-refractivity contribution is 7.10. The number of hydrogen-bond donors (Lipinski definition) is 2. The van der Waals surface area contributed by atoms with E-state index in [1.165, 1.54) is 16.9 Å². The largest absolute Gasteiger partial charge is 0.290 e. The summed E-state index contributed by atoms with van der Waals surface area (Å²) < 4.78 is 0. The summed E-state index contributed by atoms with van der Waals surface area (Å²) in [5.41, 5.74) is 4.19. The molecule has 0 aliphatic heterocycles. The molecule has 1 atom stereocenters. The first-order valence-corrected chi connectivity index (χ1v) is 5.70. The van der Waals surface area contributed by atoms with Crippen LogP contribution >= 0.6 is 11.3 Å². The van der Waals surface area contributed by atoms with E-state index >= 15 is 0 Å². The first kappa shape index (κ1) is 9.68. The Labute approximate surface area is 87.3 Å². The molecule has 0 saturated heterocycles. The summed E-state index contributed by atoms with van der Waals surface area (Å²) in [6.45, 7) is 2.26. The van der Waals surface area contributed by atoms with E-state index in [1.807, 2.05) is 5.38 Å². The van der Waals surface area contributed by atoms with Crippen LogP contribution < -0.4 is 11.3 Å². The molecule has 4 heteroatoms. The van der Waals surface area contributed by atoms with Crippen LogP contribution in [0.5, 0.6) is 0 Å². The van der Waals surface area contributed by atoms with E-state index in [1.54, 1.807) is 11.3 Å². The molecule has 14 heavy (non-hydrogen) atoms. The molecule has 76 valence electrons. The molecule has 0 aromatic carbocycles. The van der Waals surface area contributed by atoms with Crippen molar-refractivity contribution in [2.45, 2.75) is 26.2 Å². The van der Waals surface area contributed by atoms with Crippen LogP contribution in [0.4, 0.5) is 0 Å². The molecule has 1 aliphatic carbocycles. The van der Waals surface area contributed by atoms with E-state index in [0.717, 1.165) is 24.3 Å². The van der Waals surface area contributed by atoms with E-state index in [-0.39, 0.29) is 5.91 Å². The van der Waals surface area contributed by atoms with Gasteiger partial charge in [-0.1, -0.05) is 6.92 Å². The van der Waals surface area contributed by atoms with Gasteiger partial charge in [-0.25, -0.2) is 5.84 Å². The van der Waals surface area contributed by atoms with E-state index in [0.29, 0.717) is 0 Å². The highest BCUT2D eigenvalue weighted by Crippen LogP contribution is 2.32. The summed E-state index contributed by atoms with van der Waals surface area (Å²) in [7, 11) is 0. The van der Waals surface area contributed by atoms with Crippen molar-refractivity contribution in [2.24, 2.45) is 11.8 Å². The zero-order valence-electron chi connectivity index (χ0n) is 8.17. The van der Waals surface area contributed by atoms with Crippen molar-refractivity contribution in [2.75, 3.05) is 0 Å². The topological polar surface area (TPSA) is 55.1 Å². The number of carbonyl (C=O) groups excluding carboxylic acids is 1. The Morgan fingerprint density at radius 2 is 2.50 bits per heavy atom. The minimum Gasteiger partial charge on any atom is -0.290 e. The second-order valence-electron chi connectivity index (χ2n) is 3.87. The fourth-order valence-corrected chi connectivity index (χ4v) is 3.19. The molecule has 1 heterocycles. The summed E-state index contributed by atoms with van der Waals surface area (Å²) in [6.07, 6.45) is 3.30. The average molecular weight is 210 g/mol. The number of nitrogens with two attached hydrogens (primary N) is 1. The Hall–Kier alpha value is -0.870. The number of hydrazine groups is 1. The molecule has 1 aromatic rings. The summed E-state index contributed by atoms with van der Waals surface area (Å²) >= 11 is 1.68. The standard InChI is InChI=1S/C10H14N2OS/c1-6-2-3-7-8(10(13)12-11)5-14-9(7)4-6/h5-6H,2-4,11H2,1H3,(H,12,13)/t6-/m1/s1. The smallest absolute Gasteiger partial charge is 0.266 e. The molecule has 0 spiro atoms. The summed E-state index contributed by atoms with van der Waals surface area (Å²) in [4.78, 5) is 12.8. The lowest BCUT2D eigenvalue weighted by atomic mass is 9.88. The average Bonchev–Trinajstić information content (AvgIpc) is 2.59. The molecule has 1 amide bonds. The second kappa shape index (κ2) is 3.71. The van der Waals surface area contributed by atoms with Crippen molar-refractivity contribution in [1.82, 2.24) is 5.43 Å². The Balaban J connectivity index is 2.33. The molecule has 3 nitrogen and oxygen atoms in total. The quantitative estimate of drug-likeness (QED) is 0.419. The number of thiophene rings is 1. The van der Waals surface area contributed by atoms with Crippen LogP contribution in [0.2, 0.25) is 0 Å². The van der Waals surface area contributed by atoms with Gasteiger partial charge in [0.1, 0.15) is 0 Å². The number of carbonyl (C=O) groups is 1. The number of nitrogen functional groups attached to an aromatic ring is 1. The SMILES string of the molecule is C[C@@H]1CCc2c(C(=O)NN)csc2C1. The minimum atomic E-state index is -0.156. The van der Waals surface area contributed by atoms with E-state index in [2.05, 4.69) is 12.3 Å². The molecule has 1 aromatic heterocycles. The molecule has 0 saturated carbocycles. The predicted molar refractivity (Wildman–Crippen MR) is 57.2 cm³/mol. The van der Waals surface area contributed by atoms with Crippen molar-refractivity contribution >= 4 is 17.2 Å². The lowest BCUT2D eigenvalue weighted by molar-refractivity contribution is 0.0953. The fraction of sp³-hybridized carbons (Fsp3) is 0.500. The van der Waals surface area contributed by atoms with Crippen molar-refractivity contribution in [1.29, 1.82) is 0 Å². The van der Waals surface area contributed by atoms with Gasteiger partial charge in [-0.3, -0.25) is 10.2 Å². The van der Waals surface area contributed by atoms with Crippen molar-refractivity contribution in [3.63, 3.8) is 0 Å². The highest BCUT2D eigenvalue weighted by atomic mass is 32.1. The molecule has 2 rings (SSSR count). The van der Waals surface area contributed by atoms with Crippen molar-refractivity contribution in [3.05, 3.63) is 21.4 Å². The maximum atomic E-state index is 11.4. The maximum Gasteiger partial charge on any atom is 0.266 e. The normalized spacial score (nSPS) is 20.3. The van der Waals surface area contributed by atoms with Gasteiger partial charge in [0.05, 0.1) is 5.56 Å². The van der Waals surface area contributed by atoms with E-state index in [4.69, 9.17) is 5.84 Å². The zero-order chi connectivity index (χ0) is 10.1. The van der Waals surface area contributed by atoms with Crippen molar-refractivity contribution in [3.8, 4) is 0 Å². The number of amides is 1. The van der Waals surface area contributed by atoms with Gasteiger partial charge in [0.15, 0.2) is 0 Å². The van der Waals surface area contributed by atoms with Gasteiger partial charge in [0, 0.05) is 10.3 Å². The second-order valence-corrected chi connectivity index (χ2v) is 4.84. The van der Waals surface area contributed by atoms with Gasteiger partial charge < -0.3 is 0 Å². The van der Waals surface area contributed by atoms with Gasteiger partial charge in [0.2, 0.25) is 0 Å². The molecule has 0 unspecified atom stereocenters. The first-order chi connectivity index (χ1) is 6.72. The Morgan fingerprint density at radius 1 is 1.71 bits per heavy atom. The third-order valence-corrected chi connectivity index (χ3v) is 3.83. The minimum absolute atomic E-state index is 0.156. The number of fused-ring (bicyclic) bond motifs is 1. The Morgan fingerprint density at radius 3 is 3.21 bits per heavy atom. The monoisotopic (exact) mass is 210 g/mol. The van der Waals surface area contributed by atoms with E-state index < -0.39 is 0 Å². The molecule has 3 N–H and O–H groups in total. The maximum absolute atomic E-state index is 11.4. The van der Waals surface area contributed by atoms with Gasteiger partial charge in [-0.2, -0.15) is 0 Å². The van der Waals surface area contributed by atoms with Crippen LogP contribution in [0.1, 0.15) is 34.1 Å². The zero-order valence-corrected chi connectivity index (χ0v) is 8.99. The molecule has 0 bridgehead atoms. The third-order valence-electron chi connectivity index (χ3n) is 2.78.